The largest absolute Gasteiger partial charge is 0.508 e. The fraction of sp³-hybridized carbons (Fsp3) is 0.286. The van der Waals surface area contributed by atoms with Crippen LogP contribution < -0.4 is 4.74 Å². The lowest BCUT2D eigenvalue weighted by atomic mass is 10.0. The number of aryl methyl sites for hydroxylation is 1. The fourth-order valence-electron chi connectivity index (χ4n) is 1.97. The Morgan fingerprint density at radius 2 is 2.05 bits per heavy atom. The van der Waals surface area contributed by atoms with Gasteiger partial charge in [-0.3, -0.25) is 4.79 Å². The van der Waals surface area contributed by atoms with Gasteiger partial charge >= 0.3 is 11.9 Å². The molecule has 1 aromatic carbocycles. The Kier molecular flexibility index (Phi) is 3.40. The van der Waals surface area contributed by atoms with Gasteiger partial charge < -0.3 is 19.7 Å². The molecule has 106 valence electrons. The van der Waals surface area contributed by atoms with E-state index >= 15 is 0 Å². The first-order valence-corrected chi connectivity index (χ1v) is 5.94. The van der Waals surface area contributed by atoms with E-state index in [-0.39, 0.29) is 17.9 Å². The Morgan fingerprint density at radius 1 is 1.35 bits per heavy atom. The minimum Gasteiger partial charge on any atom is -0.508 e. The quantitative estimate of drug-likeness (QED) is 0.646. The van der Waals surface area contributed by atoms with E-state index in [1.807, 2.05) is 0 Å². The second-order valence-corrected chi connectivity index (χ2v) is 4.89. The molecule has 1 aromatic rings. The molecule has 6 nitrogen and oxygen atoms in total. The number of phenols is 1. The molecule has 6 heteroatoms. The predicted molar refractivity (Wildman–Crippen MR) is 68.3 cm³/mol. The predicted octanol–water partition coefficient (Wildman–Crippen LogP) is 1.75. The van der Waals surface area contributed by atoms with Crippen LogP contribution in [0.25, 0.3) is 0 Å². The summed E-state index contributed by atoms with van der Waals surface area (Å²) in [6.45, 7) is 3.24. The summed E-state index contributed by atoms with van der Waals surface area (Å²) in [6, 6.07) is 4.42. The normalized spacial score (nSPS) is 21.3. The highest BCUT2D eigenvalue weighted by Crippen LogP contribution is 2.28. The number of esters is 2. The molecule has 0 aliphatic carbocycles. The number of cyclic esters (lactones) is 1. The van der Waals surface area contributed by atoms with Crippen LogP contribution in [0.1, 0.15) is 18.9 Å². The van der Waals surface area contributed by atoms with Crippen LogP contribution >= 0.6 is 0 Å². The molecule has 1 heterocycles. The number of benzene rings is 1. The van der Waals surface area contributed by atoms with Crippen molar-refractivity contribution < 1.29 is 29.3 Å². The van der Waals surface area contributed by atoms with Crippen LogP contribution in [0, 0.1) is 6.92 Å². The third-order valence-corrected chi connectivity index (χ3v) is 2.74. The summed E-state index contributed by atoms with van der Waals surface area (Å²) < 4.78 is 9.96. The molecule has 1 aliphatic rings. The van der Waals surface area contributed by atoms with E-state index in [0.717, 1.165) is 5.56 Å². The molecule has 0 saturated carbocycles. The maximum absolute atomic E-state index is 11.8. The Balaban J connectivity index is 2.05. The zero-order valence-electron chi connectivity index (χ0n) is 11.0. The van der Waals surface area contributed by atoms with Gasteiger partial charge in [0.2, 0.25) is 5.76 Å². The Labute approximate surface area is 115 Å². The highest BCUT2D eigenvalue weighted by Gasteiger charge is 2.38. The van der Waals surface area contributed by atoms with Crippen LogP contribution in [0.15, 0.2) is 30.0 Å². The van der Waals surface area contributed by atoms with Gasteiger partial charge in [-0.05, 0) is 31.5 Å². The smallest absolute Gasteiger partial charge is 0.374 e. The number of phenolic OH excluding ortho intramolecular Hbond substituents is 1. The lowest BCUT2D eigenvalue weighted by Crippen LogP contribution is -2.29. The summed E-state index contributed by atoms with van der Waals surface area (Å²) in [5.41, 5.74) is -0.478. The molecule has 20 heavy (non-hydrogen) atoms. The van der Waals surface area contributed by atoms with E-state index in [0.29, 0.717) is 0 Å². The van der Waals surface area contributed by atoms with Crippen molar-refractivity contribution in [2.24, 2.45) is 0 Å². The summed E-state index contributed by atoms with van der Waals surface area (Å²) in [4.78, 5) is 22.9. The van der Waals surface area contributed by atoms with Crippen molar-refractivity contribution in [3.05, 3.63) is 35.6 Å². The van der Waals surface area contributed by atoms with Crippen molar-refractivity contribution in [2.45, 2.75) is 25.9 Å². The molecule has 2 N–H and O–H groups in total. The van der Waals surface area contributed by atoms with Crippen LogP contribution in [-0.2, 0) is 14.3 Å². The molecule has 0 saturated heterocycles. The lowest BCUT2D eigenvalue weighted by molar-refractivity contribution is -0.151. The molecule has 1 atom stereocenters. The number of ether oxygens (including phenoxy) is 2. The molecule has 0 amide bonds. The average molecular weight is 278 g/mol. The van der Waals surface area contributed by atoms with E-state index < -0.39 is 23.3 Å². The van der Waals surface area contributed by atoms with Crippen molar-refractivity contribution >= 4 is 11.9 Å². The van der Waals surface area contributed by atoms with Crippen LogP contribution in [0.5, 0.6) is 11.5 Å². The van der Waals surface area contributed by atoms with Crippen molar-refractivity contribution in [3.8, 4) is 11.5 Å². The topological polar surface area (TPSA) is 93.1 Å². The zero-order chi connectivity index (χ0) is 14.9. The number of aromatic hydroxyl groups is 1. The van der Waals surface area contributed by atoms with E-state index in [4.69, 9.17) is 9.47 Å². The highest BCUT2D eigenvalue weighted by atomic mass is 16.6. The van der Waals surface area contributed by atoms with E-state index in [1.165, 1.54) is 25.1 Å². The van der Waals surface area contributed by atoms with Crippen molar-refractivity contribution in [1.29, 1.82) is 0 Å². The van der Waals surface area contributed by atoms with Gasteiger partial charge in [0.15, 0.2) is 0 Å². The molecule has 0 radical (unpaired) electrons. The fourth-order valence-corrected chi connectivity index (χ4v) is 1.97. The molecule has 0 aromatic heterocycles. The van der Waals surface area contributed by atoms with Gasteiger partial charge in [-0.15, -0.1) is 0 Å². The standard InChI is InChI=1S/C14H14O6/c1-8-3-9(15)5-10(4-8)19-12(17)7-14(2)6-11(16)13(18)20-14/h3-6,15-16H,7H2,1-2H3/t14-/m1/s1. The molecule has 2 rings (SSSR count). The van der Waals surface area contributed by atoms with E-state index in [1.54, 1.807) is 13.0 Å². The van der Waals surface area contributed by atoms with Crippen LogP contribution in [0.4, 0.5) is 0 Å². The minimum atomic E-state index is -1.22. The lowest BCUT2D eigenvalue weighted by Gasteiger charge is -2.19. The summed E-state index contributed by atoms with van der Waals surface area (Å²) in [5, 5.41) is 18.6. The summed E-state index contributed by atoms with van der Waals surface area (Å²) >= 11 is 0. The van der Waals surface area contributed by atoms with Crippen LogP contribution in [0.3, 0.4) is 0 Å². The van der Waals surface area contributed by atoms with Crippen molar-refractivity contribution in [2.75, 3.05) is 0 Å². The van der Waals surface area contributed by atoms with Crippen LogP contribution in [0.2, 0.25) is 0 Å². The number of aliphatic hydroxyl groups excluding tert-OH is 1. The number of hydrogen-bond acceptors (Lipinski definition) is 6. The molecule has 0 bridgehead atoms. The molecular weight excluding hydrogens is 264 g/mol. The van der Waals surface area contributed by atoms with Crippen molar-refractivity contribution in [1.82, 2.24) is 0 Å². The Bertz CT molecular complexity index is 583. The third-order valence-electron chi connectivity index (χ3n) is 2.74. The van der Waals surface area contributed by atoms with Gasteiger partial charge in [0, 0.05) is 12.1 Å². The second-order valence-electron chi connectivity index (χ2n) is 4.89. The minimum absolute atomic E-state index is 0.0103. The summed E-state index contributed by atoms with van der Waals surface area (Å²) in [7, 11) is 0. The highest BCUT2D eigenvalue weighted by molar-refractivity contribution is 5.89. The van der Waals surface area contributed by atoms with Gasteiger partial charge in [0.1, 0.15) is 17.1 Å². The molecule has 0 unspecified atom stereocenters. The third kappa shape index (κ3) is 3.09. The number of carbonyl (C=O) groups is 2. The Morgan fingerprint density at radius 3 is 2.60 bits per heavy atom. The number of carbonyl (C=O) groups excluding carboxylic acids is 2. The number of aliphatic hydroxyl groups is 1. The first kappa shape index (κ1) is 13.9. The molecule has 0 fully saturated rings. The summed E-state index contributed by atoms with van der Waals surface area (Å²) in [5.74, 6) is -1.84. The van der Waals surface area contributed by atoms with Crippen LogP contribution in [-0.4, -0.2) is 27.8 Å². The molecule has 1 aliphatic heterocycles. The Hall–Kier alpha value is -2.50. The molecular formula is C14H14O6. The number of rotatable bonds is 3. The van der Waals surface area contributed by atoms with Gasteiger partial charge in [0.05, 0.1) is 6.42 Å². The van der Waals surface area contributed by atoms with E-state index in [9.17, 15) is 19.8 Å². The monoisotopic (exact) mass is 278 g/mol. The van der Waals surface area contributed by atoms with E-state index in [2.05, 4.69) is 0 Å². The maximum Gasteiger partial charge on any atom is 0.374 e. The van der Waals surface area contributed by atoms with Gasteiger partial charge in [0.25, 0.3) is 0 Å². The first-order chi connectivity index (χ1) is 9.27. The first-order valence-electron chi connectivity index (χ1n) is 5.94. The molecule has 0 spiro atoms. The zero-order valence-corrected chi connectivity index (χ0v) is 11.0. The average Bonchev–Trinajstić information content (AvgIpc) is 2.49. The second kappa shape index (κ2) is 4.88. The maximum atomic E-state index is 11.8. The summed E-state index contributed by atoms with van der Waals surface area (Å²) in [6.07, 6.45) is 0.932. The number of hydrogen-bond donors (Lipinski definition) is 2. The van der Waals surface area contributed by atoms with Gasteiger partial charge in [-0.1, -0.05) is 0 Å². The van der Waals surface area contributed by atoms with Gasteiger partial charge in [-0.2, -0.15) is 0 Å². The van der Waals surface area contributed by atoms with Gasteiger partial charge in [-0.25, -0.2) is 4.79 Å². The van der Waals surface area contributed by atoms with Crippen molar-refractivity contribution in [3.63, 3.8) is 0 Å². The SMILES string of the molecule is Cc1cc(O)cc(OC(=O)C[C@@]2(C)C=C(O)C(=O)O2)c1.